The molecule has 0 fully saturated rings. The van der Waals surface area contributed by atoms with E-state index in [1.807, 2.05) is 18.2 Å². The SMILES string of the molecule is NNC(c1ccc(F)cc1)c1cc(Br)cc(Br)c1. The lowest BCUT2D eigenvalue weighted by molar-refractivity contribution is 0.615. The summed E-state index contributed by atoms with van der Waals surface area (Å²) in [7, 11) is 0. The lowest BCUT2D eigenvalue weighted by Gasteiger charge is -2.17. The fourth-order valence-electron chi connectivity index (χ4n) is 1.78. The number of rotatable bonds is 3. The van der Waals surface area contributed by atoms with Gasteiger partial charge in [-0.05, 0) is 41.5 Å². The maximum atomic E-state index is 12.9. The Labute approximate surface area is 122 Å². The van der Waals surface area contributed by atoms with Crippen molar-refractivity contribution in [2.45, 2.75) is 6.04 Å². The summed E-state index contributed by atoms with van der Waals surface area (Å²) in [6.45, 7) is 0. The van der Waals surface area contributed by atoms with E-state index >= 15 is 0 Å². The van der Waals surface area contributed by atoms with Gasteiger partial charge in [-0.2, -0.15) is 0 Å². The average Bonchev–Trinajstić information content (AvgIpc) is 2.31. The van der Waals surface area contributed by atoms with E-state index in [1.54, 1.807) is 12.1 Å². The molecule has 0 aliphatic carbocycles. The Bertz CT molecular complexity index is 523. The predicted molar refractivity (Wildman–Crippen MR) is 77.4 cm³/mol. The van der Waals surface area contributed by atoms with Crippen LogP contribution in [0.2, 0.25) is 0 Å². The molecule has 0 aliphatic heterocycles. The van der Waals surface area contributed by atoms with Gasteiger partial charge < -0.3 is 0 Å². The van der Waals surface area contributed by atoms with Crippen LogP contribution >= 0.6 is 31.9 Å². The summed E-state index contributed by atoms with van der Waals surface area (Å²) in [4.78, 5) is 0. The zero-order valence-electron chi connectivity index (χ0n) is 9.33. The van der Waals surface area contributed by atoms with Crippen LogP contribution in [0.25, 0.3) is 0 Å². The topological polar surface area (TPSA) is 38.0 Å². The predicted octanol–water partition coefficient (Wildman–Crippen LogP) is 3.90. The van der Waals surface area contributed by atoms with Gasteiger partial charge >= 0.3 is 0 Å². The molecular formula is C13H11Br2FN2. The summed E-state index contributed by atoms with van der Waals surface area (Å²) < 4.78 is 14.8. The minimum atomic E-state index is -0.259. The van der Waals surface area contributed by atoms with E-state index in [4.69, 9.17) is 5.84 Å². The molecule has 0 bridgehead atoms. The Kier molecular flexibility index (Phi) is 4.50. The molecular weight excluding hydrogens is 363 g/mol. The number of hydrogen-bond acceptors (Lipinski definition) is 2. The third kappa shape index (κ3) is 3.17. The molecule has 1 atom stereocenters. The summed E-state index contributed by atoms with van der Waals surface area (Å²) in [5.41, 5.74) is 4.64. The fraction of sp³-hybridized carbons (Fsp3) is 0.0769. The van der Waals surface area contributed by atoms with Crippen molar-refractivity contribution in [2.24, 2.45) is 5.84 Å². The van der Waals surface area contributed by atoms with Gasteiger partial charge in [-0.1, -0.05) is 44.0 Å². The first-order valence-electron chi connectivity index (χ1n) is 5.28. The van der Waals surface area contributed by atoms with Crippen molar-refractivity contribution >= 4 is 31.9 Å². The molecule has 94 valence electrons. The smallest absolute Gasteiger partial charge is 0.123 e. The summed E-state index contributed by atoms with van der Waals surface area (Å²) >= 11 is 6.87. The quantitative estimate of drug-likeness (QED) is 0.632. The van der Waals surface area contributed by atoms with Gasteiger partial charge in [-0.25, -0.2) is 9.82 Å². The maximum Gasteiger partial charge on any atom is 0.123 e. The molecule has 0 aliphatic rings. The molecule has 2 nitrogen and oxygen atoms in total. The van der Waals surface area contributed by atoms with Gasteiger partial charge in [0.25, 0.3) is 0 Å². The van der Waals surface area contributed by atoms with Crippen molar-refractivity contribution in [3.63, 3.8) is 0 Å². The number of hydrazine groups is 1. The highest BCUT2D eigenvalue weighted by atomic mass is 79.9. The van der Waals surface area contributed by atoms with Crippen LogP contribution in [0.3, 0.4) is 0 Å². The second-order valence-corrected chi connectivity index (χ2v) is 5.69. The van der Waals surface area contributed by atoms with Crippen LogP contribution < -0.4 is 11.3 Å². The minimum absolute atomic E-state index is 0.181. The van der Waals surface area contributed by atoms with Crippen molar-refractivity contribution in [1.82, 2.24) is 5.43 Å². The van der Waals surface area contributed by atoms with E-state index < -0.39 is 0 Å². The van der Waals surface area contributed by atoms with Crippen LogP contribution in [0.5, 0.6) is 0 Å². The molecule has 0 amide bonds. The van der Waals surface area contributed by atoms with Crippen LogP contribution in [0.15, 0.2) is 51.4 Å². The van der Waals surface area contributed by atoms with E-state index in [9.17, 15) is 4.39 Å². The molecule has 0 saturated heterocycles. The number of nitrogens with two attached hydrogens (primary N) is 1. The molecule has 2 aromatic rings. The number of nitrogens with one attached hydrogen (secondary N) is 1. The standard InChI is InChI=1S/C13H11Br2FN2/c14-10-5-9(6-11(15)7-10)13(18-17)8-1-3-12(16)4-2-8/h1-7,13,18H,17H2. The van der Waals surface area contributed by atoms with Crippen molar-refractivity contribution in [3.05, 3.63) is 68.4 Å². The summed E-state index contributed by atoms with van der Waals surface area (Å²) in [6.07, 6.45) is 0. The van der Waals surface area contributed by atoms with Gasteiger partial charge in [0, 0.05) is 8.95 Å². The van der Waals surface area contributed by atoms with E-state index in [0.29, 0.717) is 0 Å². The molecule has 2 aromatic carbocycles. The van der Waals surface area contributed by atoms with Gasteiger partial charge in [0.2, 0.25) is 0 Å². The molecule has 0 spiro atoms. The first kappa shape index (κ1) is 13.7. The Hall–Kier alpha value is -0.750. The lowest BCUT2D eigenvalue weighted by atomic mass is 9.99. The largest absolute Gasteiger partial charge is 0.271 e. The highest BCUT2D eigenvalue weighted by Crippen LogP contribution is 2.27. The van der Waals surface area contributed by atoms with Gasteiger partial charge in [0.05, 0.1) is 6.04 Å². The third-order valence-corrected chi connectivity index (χ3v) is 3.50. The van der Waals surface area contributed by atoms with E-state index in [0.717, 1.165) is 20.1 Å². The third-order valence-electron chi connectivity index (χ3n) is 2.59. The fourth-order valence-corrected chi connectivity index (χ4v) is 3.11. The van der Waals surface area contributed by atoms with Gasteiger partial charge in [-0.15, -0.1) is 0 Å². The molecule has 2 rings (SSSR count). The maximum absolute atomic E-state index is 12.9. The van der Waals surface area contributed by atoms with Crippen LogP contribution in [0.1, 0.15) is 17.2 Å². The Morgan fingerprint density at radius 3 is 2.00 bits per heavy atom. The van der Waals surface area contributed by atoms with Crippen LogP contribution in [0.4, 0.5) is 4.39 Å². The zero-order valence-corrected chi connectivity index (χ0v) is 12.5. The summed E-state index contributed by atoms with van der Waals surface area (Å²) in [6, 6.07) is 12.0. The summed E-state index contributed by atoms with van der Waals surface area (Å²) in [5.74, 6) is 5.34. The van der Waals surface area contributed by atoms with Crippen LogP contribution in [-0.4, -0.2) is 0 Å². The van der Waals surface area contributed by atoms with E-state index in [1.165, 1.54) is 12.1 Å². The monoisotopic (exact) mass is 372 g/mol. The van der Waals surface area contributed by atoms with Crippen LogP contribution in [0, 0.1) is 5.82 Å². The molecule has 5 heteroatoms. The molecule has 1 unspecified atom stereocenters. The summed E-state index contributed by atoms with van der Waals surface area (Å²) in [5, 5.41) is 0. The van der Waals surface area contributed by atoms with E-state index in [2.05, 4.69) is 37.3 Å². The van der Waals surface area contributed by atoms with E-state index in [-0.39, 0.29) is 11.9 Å². The highest BCUT2D eigenvalue weighted by Gasteiger charge is 2.13. The molecule has 0 heterocycles. The Morgan fingerprint density at radius 1 is 0.944 bits per heavy atom. The minimum Gasteiger partial charge on any atom is -0.271 e. The van der Waals surface area contributed by atoms with Crippen molar-refractivity contribution < 1.29 is 4.39 Å². The number of benzene rings is 2. The first-order valence-corrected chi connectivity index (χ1v) is 6.86. The Morgan fingerprint density at radius 2 is 1.50 bits per heavy atom. The van der Waals surface area contributed by atoms with Crippen LogP contribution in [-0.2, 0) is 0 Å². The van der Waals surface area contributed by atoms with Crippen molar-refractivity contribution in [3.8, 4) is 0 Å². The number of halogens is 3. The highest BCUT2D eigenvalue weighted by molar-refractivity contribution is 9.11. The number of hydrogen-bond donors (Lipinski definition) is 2. The lowest BCUT2D eigenvalue weighted by Crippen LogP contribution is -2.28. The van der Waals surface area contributed by atoms with Crippen molar-refractivity contribution in [1.29, 1.82) is 0 Å². The molecule has 0 saturated carbocycles. The molecule has 0 radical (unpaired) electrons. The van der Waals surface area contributed by atoms with Gasteiger partial charge in [-0.3, -0.25) is 5.84 Å². The average molecular weight is 374 g/mol. The zero-order chi connectivity index (χ0) is 13.1. The normalized spacial score (nSPS) is 12.4. The second-order valence-electron chi connectivity index (χ2n) is 3.85. The molecule has 18 heavy (non-hydrogen) atoms. The van der Waals surface area contributed by atoms with Gasteiger partial charge in [0.1, 0.15) is 5.82 Å². The molecule has 0 aromatic heterocycles. The Balaban J connectivity index is 2.41. The van der Waals surface area contributed by atoms with Gasteiger partial charge in [0.15, 0.2) is 0 Å². The second kappa shape index (κ2) is 5.93. The van der Waals surface area contributed by atoms with Crippen molar-refractivity contribution in [2.75, 3.05) is 0 Å². The molecule has 3 N–H and O–H groups in total. The first-order chi connectivity index (χ1) is 8.60.